The highest BCUT2D eigenvalue weighted by atomic mass is 28.4. The second-order valence-electron chi connectivity index (χ2n) is 9.56. The predicted molar refractivity (Wildman–Crippen MR) is 118 cm³/mol. The van der Waals surface area contributed by atoms with E-state index < -0.39 is 14.6 Å². The van der Waals surface area contributed by atoms with Crippen molar-refractivity contribution in [1.29, 1.82) is 0 Å². The summed E-state index contributed by atoms with van der Waals surface area (Å²) < 4.78 is 12.0. The summed E-state index contributed by atoms with van der Waals surface area (Å²) in [6, 6.07) is 0. The van der Waals surface area contributed by atoms with Crippen molar-refractivity contribution < 1.29 is 14.3 Å². The average molecular weight is 395 g/mol. The van der Waals surface area contributed by atoms with Gasteiger partial charge < -0.3 is 14.3 Å². The molecule has 27 heavy (non-hydrogen) atoms. The molecule has 3 atom stereocenters. The summed E-state index contributed by atoms with van der Waals surface area (Å²) in [6.45, 7) is 20.3. The van der Waals surface area contributed by atoms with Gasteiger partial charge in [-0.2, -0.15) is 0 Å². The van der Waals surface area contributed by atoms with E-state index in [-0.39, 0.29) is 11.1 Å². The second-order valence-corrected chi connectivity index (χ2v) is 14.4. The molecule has 1 rings (SSSR count). The molecule has 1 aliphatic heterocycles. The molecule has 1 saturated heterocycles. The van der Waals surface area contributed by atoms with Crippen LogP contribution in [0.4, 0.5) is 0 Å². The van der Waals surface area contributed by atoms with Gasteiger partial charge in [-0.05, 0) is 63.6 Å². The molecule has 0 aliphatic carbocycles. The number of aliphatic hydroxyl groups is 1. The van der Waals surface area contributed by atoms with Gasteiger partial charge in [0.25, 0.3) is 0 Å². The smallest absolute Gasteiger partial charge is 0.191 e. The zero-order valence-electron chi connectivity index (χ0n) is 18.7. The molecular formula is C23H42O3Si. The van der Waals surface area contributed by atoms with Crippen LogP contribution >= 0.6 is 0 Å². The molecule has 156 valence electrons. The van der Waals surface area contributed by atoms with E-state index >= 15 is 0 Å². The number of hydrogen-bond donors (Lipinski definition) is 1. The fourth-order valence-electron chi connectivity index (χ4n) is 3.15. The van der Waals surface area contributed by atoms with Gasteiger partial charge in [0.2, 0.25) is 0 Å². The highest BCUT2D eigenvalue weighted by molar-refractivity contribution is 6.74. The van der Waals surface area contributed by atoms with Gasteiger partial charge >= 0.3 is 0 Å². The molecule has 0 aromatic heterocycles. The van der Waals surface area contributed by atoms with Gasteiger partial charge in [-0.25, -0.2) is 0 Å². The molecule has 0 bridgehead atoms. The maximum absolute atomic E-state index is 9.93. The Bertz CT molecular complexity index is 528. The summed E-state index contributed by atoms with van der Waals surface area (Å²) in [7, 11) is -1.65. The lowest BCUT2D eigenvalue weighted by Crippen LogP contribution is -2.40. The van der Waals surface area contributed by atoms with E-state index in [1.807, 2.05) is 6.08 Å². The van der Waals surface area contributed by atoms with Crippen LogP contribution in [-0.2, 0) is 9.16 Å². The third-order valence-corrected chi connectivity index (χ3v) is 10.6. The minimum absolute atomic E-state index is 0.0258. The SMILES string of the molecule is C=C/C=C(\C)CCC1CC(O)OC1C=C(C)CCCO[Si](C)(C)C(C)(C)C. The topological polar surface area (TPSA) is 38.7 Å². The highest BCUT2D eigenvalue weighted by Crippen LogP contribution is 2.36. The largest absolute Gasteiger partial charge is 0.417 e. The average Bonchev–Trinajstić information content (AvgIpc) is 2.88. The molecule has 1 fully saturated rings. The van der Waals surface area contributed by atoms with Crippen LogP contribution in [0.5, 0.6) is 0 Å². The normalized spacial score (nSPS) is 25.1. The highest BCUT2D eigenvalue weighted by Gasteiger charge is 2.37. The van der Waals surface area contributed by atoms with Crippen LogP contribution in [-0.4, -0.2) is 32.4 Å². The first-order valence-electron chi connectivity index (χ1n) is 10.4. The van der Waals surface area contributed by atoms with Crippen molar-refractivity contribution in [3.63, 3.8) is 0 Å². The lowest BCUT2D eigenvalue weighted by Gasteiger charge is -2.36. The fourth-order valence-corrected chi connectivity index (χ4v) is 4.24. The van der Waals surface area contributed by atoms with E-state index in [4.69, 9.17) is 9.16 Å². The molecule has 0 radical (unpaired) electrons. The van der Waals surface area contributed by atoms with Crippen LogP contribution in [0.2, 0.25) is 18.1 Å². The molecule has 4 heteroatoms. The van der Waals surface area contributed by atoms with Gasteiger partial charge in [0.1, 0.15) is 0 Å². The van der Waals surface area contributed by atoms with Crippen molar-refractivity contribution in [1.82, 2.24) is 0 Å². The Morgan fingerprint density at radius 2 is 1.89 bits per heavy atom. The zero-order valence-corrected chi connectivity index (χ0v) is 19.7. The van der Waals surface area contributed by atoms with E-state index in [1.165, 1.54) is 11.1 Å². The van der Waals surface area contributed by atoms with Gasteiger partial charge in [-0.3, -0.25) is 0 Å². The van der Waals surface area contributed by atoms with E-state index in [2.05, 4.69) is 66.4 Å². The van der Waals surface area contributed by atoms with Gasteiger partial charge in [0.05, 0.1) is 6.10 Å². The molecule has 0 saturated carbocycles. The Balaban J connectivity index is 2.49. The molecule has 1 aliphatic rings. The molecule has 0 spiro atoms. The van der Waals surface area contributed by atoms with E-state index in [0.717, 1.165) is 38.7 Å². The minimum atomic E-state index is -1.65. The van der Waals surface area contributed by atoms with Crippen molar-refractivity contribution >= 4 is 8.32 Å². The van der Waals surface area contributed by atoms with Crippen LogP contribution in [0.1, 0.15) is 66.7 Å². The molecule has 3 nitrogen and oxygen atoms in total. The van der Waals surface area contributed by atoms with Crippen molar-refractivity contribution in [2.45, 2.75) is 97.2 Å². The Kier molecular flexibility index (Phi) is 9.70. The first kappa shape index (κ1) is 24.4. The Morgan fingerprint density at radius 3 is 2.48 bits per heavy atom. The second kappa shape index (κ2) is 10.8. The molecule has 0 amide bonds. The van der Waals surface area contributed by atoms with Crippen LogP contribution in [0.3, 0.4) is 0 Å². The predicted octanol–water partition coefficient (Wildman–Crippen LogP) is 6.37. The van der Waals surface area contributed by atoms with Crippen molar-refractivity contribution in [2.24, 2.45) is 5.92 Å². The van der Waals surface area contributed by atoms with E-state index in [1.54, 1.807) is 0 Å². The van der Waals surface area contributed by atoms with Crippen LogP contribution < -0.4 is 0 Å². The maximum atomic E-state index is 9.93. The summed E-state index contributed by atoms with van der Waals surface area (Å²) in [5, 5.41) is 10.2. The third kappa shape index (κ3) is 8.47. The van der Waals surface area contributed by atoms with Crippen LogP contribution in [0, 0.1) is 5.92 Å². The van der Waals surface area contributed by atoms with Gasteiger partial charge in [0, 0.05) is 13.0 Å². The molecule has 3 unspecified atom stereocenters. The molecular weight excluding hydrogens is 352 g/mol. The van der Waals surface area contributed by atoms with Gasteiger partial charge in [-0.1, -0.05) is 56.7 Å². The van der Waals surface area contributed by atoms with Crippen LogP contribution in [0.15, 0.2) is 36.0 Å². The summed E-state index contributed by atoms with van der Waals surface area (Å²) in [6.07, 6.45) is 10.4. The Hall–Kier alpha value is -0.683. The molecule has 1 heterocycles. The molecule has 1 N–H and O–H groups in total. The summed E-state index contributed by atoms with van der Waals surface area (Å²) in [5.74, 6) is 0.381. The zero-order chi connectivity index (χ0) is 20.7. The molecule has 0 aromatic rings. The number of allylic oxidation sites excluding steroid dienone is 4. The molecule has 0 aromatic carbocycles. The van der Waals surface area contributed by atoms with Gasteiger partial charge in [0.15, 0.2) is 14.6 Å². The van der Waals surface area contributed by atoms with Gasteiger partial charge in [-0.15, -0.1) is 0 Å². The number of hydrogen-bond acceptors (Lipinski definition) is 3. The Labute approximate surface area is 168 Å². The van der Waals surface area contributed by atoms with E-state index in [0.29, 0.717) is 5.92 Å². The number of ether oxygens (including phenoxy) is 1. The number of rotatable bonds is 10. The third-order valence-electron chi connectivity index (χ3n) is 6.03. The van der Waals surface area contributed by atoms with Crippen molar-refractivity contribution in [3.05, 3.63) is 36.0 Å². The standard InChI is InChI=1S/C23H42O3Si/c1-9-11-18(2)13-14-20-17-22(24)26-21(20)16-19(3)12-10-15-25-27(7,8)23(4,5)6/h9,11,16,20-22,24H,1,10,12-15,17H2,2-8H3/b18-11+,19-16?. The number of aliphatic hydroxyl groups excluding tert-OH is 1. The summed E-state index contributed by atoms with van der Waals surface area (Å²) >= 11 is 0. The monoisotopic (exact) mass is 394 g/mol. The van der Waals surface area contributed by atoms with Crippen LogP contribution in [0.25, 0.3) is 0 Å². The first-order valence-corrected chi connectivity index (χ1v) is 13.3. The van der Waals surface area contributed by atoms with Crippen molar-refractivity contribution in [2.75, 3.05) is 6.61 Å². The van der Waals surface area contributed by atoms with Crippen molar-refractivity contribution in [3.8, 4) is 0 Å². The summed E-state index contributed by atoms with van der Waals surface area (Å²) in [4.78, 5) is 0. The van der Waals surface area contributed by atoms with E-state index in [9.17, 15) is 5.11 Å². The minimum Gasteiger partial charge on any atom is -0.417 e. The first-order chi connectivity index (χ1) is 12.5. The lowest BCUT2D eigenvalue weighted by atomic mass is 9.92. The fraction of sp³-hybridized carbons (Fsp3) is 0.739. The quantitative estimate of drug-likeness (QED) is 0.202. The lowest BCUT2D eigenvalue weighted by molar-refractivity contribution is -0.0791. The summed E-state index contributed by atoms with van der Waals surface area (Å²) in [5.41, 5.74) is 2.66. The Morgan fingerprint density at radius 1 is 1.22 bits per heavy atom. The maximum Gasteiger partial charge on any atom is 0.191 e.